The van der Waals surface area contributed by atoms with E-state index in [1.807, 2.05) is 18.2 Å². The van der Waals surface area contributed by atoms with Crippen molar-refractivity contribution in [1.82, 2.24) is 0 Å². The zero-order valence-corrected chi connectivity index (χ0v) is 12.0. The number of para-hydroxylation sites is 1. The van der Waals surface area contributed by atoms with Gasteiger partial charge in [-0.15, -0.1) is 11.8 Å². The Hall–Kier alpha value is -1.23. The van der Waals surface area contributed by atoms with E-state index < -0.39 is 4.92 Å². The van der Waals surface area contributed by atoms with Gasteiger partial charge in [-0.25, -0.2) is 0 Å². The Kier molecular flexibility index (Phi) is 4.69. The molecule has 0 fully saturated rings. The van der Waals surface area contributed by atoms with E-state index in [-0.39, 0.29) is 10.7 Å². The number of nitrogens with zero attached hydrogens (tertiary/aromatic N) is 1. The Morgan fingerprint density at radius 3 is 2.42 bits per heavy atom. The maximum absolute atomic E-state index is 11.0. The summed E-state index contributed by atoms with van der Waals surface area (Å²) in [4.78, 5) is 11.1. The minimum Gasteiger partial charge on any atom is -0.258 e. The average molecular weight is 314 g/mol. The van der Waals surface area contributed by atoms with E-state index in [2.05, 4.69) is 0 Å². The molecule has 2 aromatic carbocycles. The molecule has 0 unspecified atom stereocenters. The third-order valence-corrected chi connectivity index (χ3v) is 4.24. The van der Waals surface area contributed by atoms with E-state index in [1.54, 1.807) is 18.2 Å². The quantitative estimate of drug-likeness (QED) is 0.443. The highest BCUT2D eigenvalue weighted by Crippen LogP contribution is 2.37. The molecule has 2 aromatic rings. The van der Waals surface area contributed by atoms with Crippen molar-refractivity contribution in [3.05, 3.63) is 68.2 Å². The number of rotatable bonds is 4. The van der Waals surface area contributed by atoms with Crippen molar-refractivity contribution in [2.45, 2.75) is 10.6 Å². The Bertz CT molecular complexity index is 619. The smallest absolute Gasteiger partial charge is 0.258 e. The molecule has 98 valence electrons. The lowest BCUT2D eigenvalue weighted by Gasteiger charge is -2.05. The third kappa shape index (κ3) is 3.41. The van der Waals surface area contributed by atoms with Gasteiger partial charge in [-0.3, -0.25) is 10.1 Å². The Morgan fingerprint density at radius 1 is 1.05 bits per heavy atom. The summed E-state index contributed by atoms with van der Waals surface area (Å²) >= 11 is 13.3. The number of halogens is 2. The van der Waals surface area contributed by atoms with Crippen molar-refractivity contribution in [1.29, 1.82) is 0 Å². The number of hydrogen-bond acceptors (Lipinski definition) is 3. The van der Waals surface area contributed by atoms with Gasteiger partial charge in [0.1, 0.15) is 5.02 Å². The molecule has 0 radical (unpaired) electrons. The molecule has 19 heavy (non-hydrogen) atoms. The second-order valence-corrected chi connectivity index (χ2v) is 5.56. The predicted octanol–water partition coefficient (Wildman–Crippen LogP) is 5.19. The normalized spacial score (nSPS) is 10.4. The molecule has 0 atom stereocenters. The largest absolute Gasteiger partial charge is 0.301 e. The summed E-state index contributed by atoms with van der Waals surface area (Å²) < 4.78 is 0. The van der Waals surface area contributed by atoms with Crippen LogP contribution in [0.25, 0.3) is 0 Å². The molecule has 0 aliphatic heterocycles. The molecule has 0 heterocycles. The molecule has 0 aliphatic rings. The fourth-order valence-electron chi connectivity index (χ4n) is 1.56. The van der Waals surface area contributed by atoms with Gasteiger partial charge in [0.2, 0.25) is 0 Å². The Labute approximate surface area is 124 Å². The van der Waals surface area contributed by atoms with Gasteiger partial charge in [-0.1, -0.05) is 47.5 Å². The molecule has 0 aliphatic carbocycles. The van der Waals surface area contributed by atoms with Crippen molar-refractivity contribution in [2.24, 2.45) is 0 Å². The lowest BCUT2D eigenvalue weighted by Crippen LogP contribution is -1.92. The fraction of sp³-hybridized carbons (Fsp3) is 0.0769. The third-order valence-electron chi connectivity index (χ3n) is 2.47. The fourth-order valence-corrected chi connectivity index (χ4v) is 3.20. The first-order valence-electron chi connectivity index (χ1n) is 5.38. The lowest BCUT2D eigenvalue weighted by molar-refractivity contribution is -0.387. The van der Waals surface area contributed by atoms with E-state index in [4.69, 9.17) is 23.2 Å². The van der Waals surface area contributed by atoms with Gasteiger partial charge in [-0.05, 0) is 23.8 Å². The summed E-state index contributed by atoms with van der Waals surface area (Å²) in [7, 11) is 0. The maximum atomic E-state index is 11.0. The van der Waals surface area contributed by atoms with E-state index in [0.29, 0.717) is 15.7 Å². The minimum atomic E-state index is -0.461. The van der Waals surface area contributed by atoms with Crippen LogP contribution in [0.15, 0.2) is 47.4 Å². The van der Waals surface area contributed by atoms with E-state index >= 15 is 0 Å². The first kappa shape index (κ1) is 14.2. The molecule has 0 saturated heterocycles. The highest BCUT2D eigenvalue weighted by molar-refractivity contribution is 7.98. The van der Waals surface area contributed by atoms with Crippen LogP contribution in [0, 0.1) is 10.1 Å². The molecule has 0 aromatic heterocycles. The van der Waals surface area contributed by atoms with Gasteiger partial charge in [0.05, 0.1) is 9.82 Å². The monoisotopic (exact) mass is 313 g/mol. The summed E-state index contributed by atoms with van der Waals surface area (Å²) in [5, 5.41) is 11.8. The first-order chi connectivity index (χ1) is 9.09. The van der Waals surface area contributed by atoms with Crippen LogP contribution in [-0.2, 0) is 5.75 Å². The van der Waals surface area contributed by atoms with Gasteiger partial charge in [-0.2, -0.15) is 0 Å². The van der Waals surface area contributed by atoms with Crippen molar-refractivity contribution < 1.29 is 4.92 Å². The molecule has 3 nitrogen and oxygen atoms in total. The molecule has 0 N–H and O–H groups in total. The van der Waals surface area contributed by atoms with E-state index in [0.717, 1.165) is 5.56 Å². The summed E-state index contributed by atoms with van der Waals surface area (Å²) in [6, 6.07) is 12.3. The molecule has 2 rings (SSSR count). The molecule has 6 heteroatoms. The Morgan fingerprint density at radius 2 is 1.74 bits per heavy atom. The second-order valence-electron chi connectivity index (χ2n) is 3.72. The molecule has 0 saturated carbocycles. The first-order valence-corrected chi connectivity index (χ1v) is 7.13. The van der Waals surface area contributed by atoms with Crippen molar-refractivity contribution >= 4 is 40.7 Å². The van der Waals surface area contributed by atoms with Crippen LogP contribution in [0.1, 0.15) is 5.56 Å². The van der Waals surface area contributed by atoms with E-state index in [1.165, 1.54) is 17.8 Å². The summed E-state index contributed by atoms with van der Waals surface area (Å²) in [5.74, 6) is 0.556. The highest BCUT2D eigenvalue weighted by atomic mass is 35.5. The van der Waals surface area contributed by atoms with Gasteiger partial charge in [0, 0.05) is 10.8 Å². The molecule has 0 amide bonds. The van der Waals surface area contributed by atoms with Crippen LogP contribution in [0.3, 0.4) is 0 Å². The van der Waals surface area contributed by atoms with Gasteiger partial charge in [0.25, 0.3) is 0 Å². The van der Waals surface area contributed by atoms with Gasteiger partial charge >= 0.3 is 5.69 Å². The molecular formula is C13H9Cl2NO2S. The number of nitro groups is 1. The van der Waals surface area contributed by atoms with Crippen LogP contribution < -0.4 is 0 Å². The van der Waals surface area contributed by atoms with Crippen molar-refractivity contribution in [3.63, 3.8) is 0 Å². The molecule has 0 spiro atoms. The Balaban J connectivity index is 2.23. The van der Waals surface area contributed by atoms with Crippen molar-refractivity contribution in [3.8, 4) is 0 Å². The number of hydrogen-bond donors (Lipinski definition) is 0. The van der Waals surface area contributed by atoms with Crippen LogP contribution in [0.5, 0.6) is 0 Å². The van der Waals surface area contributed by atoms with Crippen LogP contribution in [-0.4, -0.2) is 4.92 Å². The SMILES string of the molecule is O=[N+]([O-])c1c(Cl)cccc1SCc1ccccc1Cl. The highest BCUT2D eigenvalue weighted by Gasteiger charge is 2.18. The topological polar surface area (TPSA) is 43.1 Å². The van der Waals surface area contributed by atoms with Crippen molar-refractivity contribution in [2.75, 3.05) is 0 Å². The van der Waals surface area contributed by atoms with Gasteiger partial charge in [0.15, 0.2) is 0 Å². The zero-order chi connectivity index (χ0) is 13.8. The van der Waals surface area contributed by atoms with Crippen LogP contribution in [0.4, 0.5) is 5.69 Å². The van der Waals surface area contributed by atoms with Gasteiger partial charge < -0.3 is 0 Å². The lowest BCUT2D eigenvalue weighted by atomic mass is 10.2. The number of benzene rings is 2. The van der Waals surface area contributed by atoms with E-state index in [9.17, 15) is 10.1 Å². The number of thioether (sulfide) groups is 1. The summed E-state index contributed by atoms with van der Waals surface area (Å²) in [6.07, 6.45) is 0. The molecule has 0 bridgehead atoms. The number of nitro benzene ring substituents is 1. The predicted molar refractivity (Wildman–Crippen MR) is 79.1 cm³/mol. The average Bonchev–Trinajstić information content (AvgIpc) is 2.37. The summed E-state index contributed by atoms with van der Waals surface area (Å²) in [5.41, 5.74) is 0.879. The van der Waals surface area contributed by atoms with Crippen LogP contribution in [0.2, 0.25) is 10.0 Å². The zero-order valence-electron chi connectivity index (χ0n) is 9.68. The van der Waals surface area contributed by atoms with Crippen LogP contribution >= 0.6 is 35.0 Å². The molecular weight excluding hydrogens is 305 g/mol. The standard InChI is InChI=1S/C13H9Cl2NO2S/c14-10-5-2-1-4-9(10)8-19-12-7-3-6-11(15)13(12)16(17)18/h1-7H,8H2. The second kappa shape index (κ2) is 6.28. The minimum absolute atomic E-state index is 0.0544. The maximum Gasteiger partial charge on any atom is 0.301 e. The summed E-state index contributed by atoms with van der Waals surface area (Å²) in [6.45, 7) is 0.